The van der Waals surface area contributed by atoms with E-state index in [0.29, 0.717) is 19.4 Å². The van der Waals surface area contributed by atoms with Crippen molar-refractivity contribution in [2.24, 2.45) is 11.3 Å². The summed E-state index contributed by atoms with van der Waals surface area (Å²) in [6.45, 7) is 4.76. The van der Waals surface area contributed by atoms with E-state index >= 15 is 0 Å². The third kappa shape index (κ3) is 2.57. The summed E-state index contributed by atoms with van der Waals surface area (Å²) in [6, 6.07) is 0. The van der Waals surface area contributed by atoms with Crippen LogP contribution >= 0.6 is 0 Å². The molecule has 6 nitrogen and oxygen atoms in total. The van der Waals surface area contributed by atoms with Crippen LogP contribution in [0.15, 0.2) is 0 Å². The molecule has 0 bridgehead atoms. The van der Waals surface area contributed by atoms with Crippen LogP contribution in [0.1, 0.15) is 33.6 Å². The fourth-order valence-corrected chi connectivity index (χ4v) is 2.92. The van der Waals surface area contributed by atoms with Gasteiger partial charge in [-0.2, -0.15) is 0 Å². The highest BCUT2D eigenvalue weighted by Crippen LogP contribution is 2.47. The predicted octanol–water partition coefficient (Wildman–Crippen LogP) is 0.823. The molecule has 106 valence electrons. The molecule has 0 unspecified atom stereocenters. The van der Waals surface area contributed by atoms with Crippen LogP contribution in [0.5, 0.6) is 0 Å². The average Bonchev–Trinajstić information content (AvgIpc) is 2.55. The Bertz CT molecular complexity index is 417. The van der Waals surface area contributed by atoms with Crippen molar-refractivity contribution in [1.82, 2.24) is 0 Å². The zero-order chi connectivity index (χ0) is 14.2. The van der Waals surface area contributed by atoms with Gasteiger partial charge in [-0.05, 0) is 13.3 Å². The standard InChI is InChI=1S/C13H18O6/c1-7(14)18-10-4-9-6-17-12(16)13(9,3)5-11(10)19-8(2)15/h9-11H,4-6H2,1-3H3/t9-,10-,11-,13-/m0/s1. The second-order valence-electron chi connectivity index (χ2n) is 5.45. The number of rotatable bonds is 2. The molecule has 2 rings (SSSR count). The SMILES string of the molecule is CC(=O)O[C@H]1C[C@H]2COC(=O)[C@@]2(C)C[C@@H]1OC(C)=O. The molecular weight excluding hydrogens is 252 g/mol. The smallest absolute Gasteiger partial charge is 0.312 e. The summed E-state index contributed by atoms with van der Waals surface area (Å²) < 4.78 is 15.5. The summed E-state index contributed by atoms with van der Waals surface area (Å²) in [5.74, 6) is -1.14. The minimum absolute atomic E-state index is 0.00356. The number of hydrogen-bond acceptors (Lipinski definition) is 6. The largest absolute Gasteiger partial charge is 0.465 e. The van der Waals surface area contributed by atoms with Crippen molar-refractivity contribution in [3.05, 3.63) is 0 Å². The van der Waals surface area contributed by atoms with Gasteiger partial charge in [-0.3, -0.25) is 14.4 Å². The normalized spacial score (nSPS) is 37.2. The van der Waals surface area contributed by atoms with Gasteiger partial charge < -0.3 is 14.2 Å². The molecule has 0 radical (unpaired) electrons. The van der Waals surface area contributed by atoms with Crippen molar-refractivity contribution in [3.8, 4) is 0 Å². The Kier molecular flexibility index (Phi) is 3.52. The summed E-state index contributed by atoms with van der Waals surface area (Å²) in [4.78, 5) is 34.1. The molecule has 4 atom stereocenters. The van der Waals surface area contributed by atoms with Gasteiger partial charge in [0.15, 0.2) is 0 Å². The molecule has 2 fully saturated rings. The lowest BCUT2D eigenvalue weighted by Crippen LogP contribution is -2.49. The summed E-state index contributed by atoms with van der Waals surface area (Å²) in [5, 5.41) is 0. The van der Waals surface area contributed by atoms with Gasteiger partial charge in [0.25, 0.3) is 0 Å². The first kappa shape index (κ1) is 13.8. The number of fused-ring (bicyclic) bond motifs is 1. The third-order valence-corrected chi connectivity index (χ3v) is 3.97. The molecule has 2 aliphatic rings. The van der Waals surface area contributed by atoms with Crippen LogP contribution < -0.4 is 0 Å². The Labute approximate surface area is 111 Å². The lowest BCUT2D eigenvalue weighted by Gasteiger charge is -2.40. The van der Waals surface area contributed by atoms with E-state index in [-0.39, 0.29) is 11.9 Å². The fraction of sp³-hybridized carbons (Fsp3) is 0.769. The van der Waals surface area contributed by atoms with Crippen molar-refractivity contribution in [2.45, 2.75) is 45.8 Å². The number of hydrogen-bond donors (Lipinski definition) is 0. The molecule has 0 aromatic heterocycles. The Morgan fingerprint density at radius 3 is 2.37 bits per heavy atom. The maximum Gasteiger partial charge on any atom is 0.312 e. The second kappa shape index (κ2) is 4.83. The molecule has 0 aromatic rings. The van der Waals surface area contributed by atoms with E-state index in [4.69, 9.17) is 14.2 Å². The lowest BCUT2D eigenvalue weighted by molar-refractivity contribution is -0.178. The van der Waals surface area contributed by atoms with Crippen molar-refractivity contribution in [2.75, 3.05) is 6.61 Å². The summed E-state index contributed by atoms with van der Waals surface area (Å²) in [6.07, 6.45) is -0.296. The van der Waals surface area contributed by atoms with Crippen LogP contribution in [0.2, 0.25) is 0 Å². The van der Waals surface area contributed by atoms with Gasteiger partial charge >= 0.3 is 17.9 Å². The molecule has 0 spiro atoms. The van der Waals surface area contributed by atoms with E-state index in [1.165, 1.54) is 13.8 Å². The van der Waals surface area contributed by atoms with E-state index < -0.39 is 29.6 Å². The molecule has 0 N–H and O–H groups in total. The summed E-state index contributed by atoms with van der Waals surface area (Å²) in [7, 11) is 0. The number of carbonyl (C=O) groups excluding carboxylic acids is 3. The predicted molar refractivity (Wildman–Crippen MR) is 62.9 cm³/mol. The van der Waals surface area contributed by atoms with Gasteiger partial charge in [0, 0.05) is 26.2 Å². The molecule has 0 aromatic carbocycles. The molecule has 0 amide bonds. The maximum atomic E-state index is 11.8. The Balaban J connectivity index is 2.18. The first-order valence-electron chi connectivity index (χ1n) is 6.34. The molecule has 1 aliphatic carbocycles. The zero-order valence-corrected chi connectivity index (χ0v) is 11.3. The molecule has 1 saturated heterocycles. The average molecular weight is 270 g/mol. The van der Waals surface area contributed by atoms with Crippen molar-refractivity contribution in [3.63, 3.8) is 0 Å². The van der Waals surface area contributed by atoms with Crippen molar-refractivity contribution < 1.29 is 28.6 Å². The van der Waals surface area contributed by atoms with Gasteiger partial charge in [0.1, 0.15) is 12.2 Å². The Morgan fingerprint density at radius 2 is 1.79 bits per heavy atom. The first-order valence-corrected chi connectivity index (χ1v) is 6.34. The van der Waals surface area contributed by atoms with E-state index in [0.717, 1.165) is 0 Å². The number of esters is 3. The fourth-order valence-electron chi connectivity index (χ4n) is 2.92. The highest BCUT2D eigenvalue weighted by Gasteiger charge is 2.56. The molecule has 19 heavy (non-hydrogen) atoms. The van der Waals surface area contributed by atoms with E-state index in [2.05, 4.69) is 0 Å². The summed E-state index contributed by atoms with van der Waals surface area (Å²) >= 11 is 0. The van der Waals surface area contributed by atoms with E-state index in [1.807, 2.05) is 6.92 Å². The summed E-state index contributed by atoms with van der Waals surface area (Å²) in [5.41, 5.74) is -0.656. The Hall–Kier alpha value is -1.59. The zero-order valence-electron chi connectivity index (χ0n) is 11.3. The first-order chi connectivity index (χ1) is 8.83. The van der Waals surface area contributed by atoms with Crippen LogP contribution in [0.4, 0.5) is 0 Å². The van der Waals surface area contributed by atoms with Crippen LogP contribution in [0.25, 0.3) is 0 Å². The minimum Gasteiger partial charge on any atom is -0.465 e. The van der Waals surface area contributed by atoms with Gasteiger partial charge in [-0.1, -0.05) is 0 Å². The van der Waals surface area contributed by atoms with Crippen LogP contribution in [0, 0.1) is 11.3 Å². The third-order valence-electron chi connectivity index (χ3n) is 3.97. The van der Waals surface area contributed by atoms with Crippen LogP contribution in [-0.4, -0.2) is 36.7 Å². The topological polar surface area (TPSA) is 78.9 Å². The molecule has 6 heteroatoms. The van der Waals surface area contributed by atoms with Gasteiger partial charge in [-0.25, -0.2) is 0 Å². The number of cyclic esters (lactones) is 1. The minimum atomic E-state index is -0.656. The van der Waals surface area contributed by atoms with Gasteiger partial charge in [-0.15, -0.1) is 0 Å². The lowest BCUT2D eigenvalue weighted by atomic mass is 9.67. The quantitative estimate of drug-likeness (QED) is 0.546. The van der Waals surface area contributed by atoms with Crippen molar-refractivity contribution in [1.29, 1.82) is 0 Å². The highest BCUT2D eigenvalue weighted by molar-refractivity contribution is 5.79. The monoisotopic (exact) mass is 270 g/mol. The van der Waals surface area contributed by atoms with E-state index in [9.17, 15) is 14.4 Å². The number of carbonyl (C=O) groups is 3. The molecular formula is C13H18O6. The van der Waals surface area contributed by atoms with Crippen molar-refractivity contribution >= 4 is 17.9 Å². The van der Waals surface area contributed by atoms with Crippen LogP contribution in [0.3, 0.4) is 0 Å². The maximum absolute atomic E-state index is 11.8. The molecule has 1 saturated carbocycles. The van der Waals surface area contributed by atoms with Gasteiger partial charge in [0.05, 0.1) is 12.0 Å². The molecule has 1 aliphatic heterocycles. The molecule has 1 heterocycles. The Morgan fingerprint density at radius 1 is 1.21 bits per heavy atom. The van der Waals surface area contributed by atoms with Gasteiger partial charge in [0.2, 0.25) is 0 Å². The highest BCUT2D eigenvalue weighted by atomic mass is 16.6. The van der Waals surface area contributed by atoms with E-state index in [1.54, 1.807) is 0 Å². The number of ether oxygens (including phenoxy) is 3. The van der Waals surface area contributed by atoms with Crippen LogP contribution in [-0.2, 0) is 28.6 Å². The second-order valence-corrected chi connectivity index (χ2v) is 5.45.